The van der Waals surface area contributed by atoms with Crippen molar-refractivity contribution < 1.29 is 18.3 Å². The number of carbonyl (C=O) groups is 1. The average Bonchev–Trinajstić information content (AvgIpc) is 3.21. The first-order valence-corrected chi connectivity index (χ1v) is 7.66. The highest BCUT2D eigenvalue weighted by Crippen LogP contribution is 2.32. The summed E-state index contributed by atoms with van der Waals surface area (Å²) in [6.45, 7) is 1.85. The van der Waals surface area contributed by atoms with Crippen LogP contribution < -0.4 is 0 Å². The fourth-order valence-electron chi connectivity index (χ4n) is 2.01. The Bertz CT molecular complexity index is 605. The third-order valence-electron chi connectivity index (χ3n) is 3.41. The van der Waals surface area contributed by atoms with Gasteiger partial charge in [-0.25, -0.2) is 13.2 Å². The first kappa shape index (κ1) is 14.0. The zero-order valence-corrected chi connectivity index (χ0v) is 11.8. The zero-order chi connectivity index (χ0) is 14.2. The molecule has 0 amide bonds. The summed E-state index contributed by atoms with van der Waals surface area (Å²) >= 11 is 0. The third-order valence-corrected chi connectivity index (χ3v) is 5.41. The maximum atomic E-state index is 12.5. The second-order valence-corrected chi connectivity index (χ2v) is 6.70. The van der Waals surface area contributed by atoms with E-state index in [1.807, 2.05) is 6.92 Å². The van der Waals surface area contributed by atoms with Crippen LogP contribution in [0.15, 0.2) is 23.1 Å². The molecule has 0 spiro atoms. The Morgan fingerprint density at radius 3 is 2.53 bits per heavy atom. The van der Waals surface area contributed by atoms with E-state index in [4.69, 9.17) is 5.11 Å². The summed E-state index contributed by atoms with van der Waals surface area (Å²) in [7, 11) is -2.05. The largest absolute Gasteiger partial charge is 0.478 e. The van der Waals surface area contributed by atoms with Gasteiger partial charge in [0.2, 0.25) is 10.0 Å². The summed E-state index contributed by atoms with van der Waals surface area (Å²) in [6.07, 6.45) is 2.29. The van der Waals surface area contributed by atoms with Gasteiger partial charge in [0, 0.05) is 13.1 Å². The highest BCUT2D eigenvalue weighted by atomic mass is 32.2. The van der Waals surface area contributed by atoms with Crippen molar-refractivity contribution in [1.82, 2.24) is 4.31 Å². The van der Waals surface area contributed by atoms with E-state index in [9.17, 15) is 13.2 Å². The number of benzene rings is 1. The van der Waals surface area contributed by atoms with E-state index in [1.165, 1.54) is 16.4 Å². The molecule has 1 aromatic rings. The molecule has 0 aliphatic heterocycles. The topological polar surface area (TPSA) is 74.7 Å². The minimum Gasteiger partial charge on any atom is -0.478 e. The van der Waals surface area contributed by atoms with Crippen LogP contribution in [0, 0.1) is 0 Å². The molecular formula is C13H17NO4S. The van der Waals surface area contributed by atoms with Crippen molar-refractivity contribution in [3.8, 4) is 0 Å². The zero-order valence-electron chi connectivity index (χ0n) is 11.0. The standard InChI is InChI=1S/C13H17NO4S/c1-3-9-4-5-10(13(15)16)8-12(9)19(17,18)14(2)11-6-7-11/h4-5,8,11H,3,6-7H2,1-2H3,(H,15,16). The maximum Gasteiger partial charge on any atom is 0.335 e. The third kappa shape index (κ3) is 2.64. The van der Waals surface area contributed by atoms with Gasteiger partial charge in [-0.3, -0.25) is 0 Å². The fraction of sp³-hybridized carbons (Fsp3) is 0.462. The lowest BCUT2D eigenvalue weighted by Crippen LogP contribution is -2.29. The smallest absolute Gasteiger partial charge is 0.335 e. The molecule has 19 heavy (non-hydrogen) atoms. The second kappa shape index (κ2) is 4.94. The predicted octanol–water partition coefficient (Wildman–Crippen LogP) is 1.73. The number of aromatic carboxylic acids is 1. The Kier molecular flexibility index (Phi) is 3.64. The van der Waals surface area contributed by atoms with E-state index >= 15 is 0 Å². The Hall–Kier alpha value is -1.40. The number of hydrogen-bond donors (Lipinski definition) is 1. The monoisotopic (exact) mass is 283 g/mol. The molecule has 104 valence electrons. The summed E-state index contributed by atoms with van der Waals surface area (Å²) < 4.78 is 26.4. The van der Waals surface area contributed by atoms with Crippen molar-refractivity contribution in [2.24, 2.45) is 0 Å². The Balaban J connectivity index is 2.52. The number of carboxylic acid groups (broad SMARTS) is 1. The molecule has 0 unspecified atom stereocenters. The number of rotatable bonds is 5. The van der Waals surface area contributed by atoms with Crippen molar-refractivity contribution in [1.29, 1.82) is 0 Å². The highest BCUT2D eigenvalue weighted by molar-refractivity contribution is 7.89. The number of hydrogen-bond acceptors (Lipinski definition) is 3. The molecule has 5 nitrogen and oxygen atoms in total. The Morgan fingerprint density at radius 1 is 1.42 bits per heavy atom. The predicted molar refractivity (Wildman–Crippen MR) is 70.8 cm³/mol. The highest BCUT2D eigenvalue weighted by Gasteiger charge is 2.36. The molecule has 0 aromatic heterocycles. The first-order valence-electron chi connectivity index (χ1n) is 6.22. The molecule has 0 saturated heterocycles. The van der Waals surface area contributed by atoms with Crippen LogP contribution in [0.1, 0.15) is 35.7 Å². The van der Waals surface area contributed by atoms with E-state index in [0.29, 0.717) is 12.0 Å². The molecule has 6 heteroatoms. The van der Waals surface area contributed by atoms with Gasteiger partial charge < -0.3 is 5.11 Å². The summed E-state index contributed by atoms with van der Waals surface area (Å²) in [5, 5.41) is 8.99. The van der Waals surface area contributed by atoms with Crippen molar-refractivity contribution >= 4 is 16.0 Å². The summed E-state index contributed by atoms with van der Waals surface area (Å²) in [5.41, 5.74) is 0.650. The number of nitrogens with zero attached hydrogens (tertiary/aromatic N) is 1. The van der Waals surface area contributed by atoms with Crippen LogP contribution in [0.25, 0.3) is 0 Å². The van der Waals surface area contributed by atoms with E-state index in [1.54, 1.807) is 13.1 Å². The van der Waals surface area contributed by atoms with Gasteiger partial charge in [0.25, 0.3) is 0 Å². The van der Waals surface area contributed by atoms with Gasteiger partial charge in [-0.1, -0.05) is 13.0 Å². The lowest BCUT2D eigenvalue weighted by molar-refractivity contribution is 0.0696. The molecule has 2 rings (SSSR count). The van der Waals surface area contributed by atoms with E-state index < -0.39 is 16.0 Å². The van der Waals surface area contributed by atoms with Crippen LogP contribution in [-0.4, -0.2) is 36.9 Å². The van der Waals surface area contributed by atoms with E-state index in [0.717, 1.165) is 12.8 Å². The molecule has 1 saturated carbocycles. The van der Waals surface area contributed by atoms with Crippen LogP contribution in [-0.2, 0) is 16.4 Å². The van der Waals surface area contributed by atoms with Gasteiger partial charge in [-0.15, -0.1) is 0 Å². The molecule has 0 bridgehead atoms. The quantitative estimate of drug-likeness (QED) is 0.893. The Labute approximate surface area is 112 Å². The molecule has 1 aliphatic carbocycles. The molecule has 1 N–H and O–H groups in total. The van der Waals surface area contributed by atoms with E-state index in [2.05, 4.69) is 0 Å². The SMILES string of the molecule is CCc1ccc(C(=O)O)cc1S(=O)(=O)N(C)C1CC1. The van der Waals surface area contributed by atoms with Gasteiger partial charge >= 0.3 is 5.97 Å². The molecule has 1 aliphatic rings. The Morgan fingerprint density at radius 2 is 2.05 bits per heavy atom. The van der Waals surface area contributed by atoms with Crippen molar-refractivity contribution in [3.05, 3.63) is 29.3 Å². The van der Waals surface area contributed by atoms with Crippen LogP contribution in [0.5, 0.6) is 0 Å². The van der Waals surface area contributed by atoms with Crippen molar-refractivity contribution in [2.45, 2.75) is 37.1 Å². The summed E-state index contributed by atoms with van der Waals surface area (Å²) in [4.78, 5) is 11.1. The van der Waals surface area contributed by atoms with Crippen molar-refractivity contribution in [3.63, 3.8) is 0 Å². The minimum absolute atomic E-state index is 0.0000260. The van der Waals surface area contributed by atoms with Gasteiger partial charge in [0.15, 0.2) is 0 Å². The van der Waals surface area contributed by atoms with Crippen LogP contribution in [0.4, 0.5) is 0 Å². The van der Waals surface area contributed by atoms with Crippen LogP contribution in [0.2, 0.25) is 0 Å². The molecule has 0 heterocycles. The molecule has 0 atom stereocenters. The van der Waals surface area contributed by atoms with Gasteiger partial charge in [-0.05, 0) is 37.0 Å². The number of aryl methyl sites for hydroxylation is 1. The average molecular weight is 283 g/mol. The lowest BCUT2D eigenvalue weighted by Gasteiger charge is -2.18. The molecule has 1 fully saturated rings. The minimum atomic E-state index is -3.60. The van der Waals surface area contributed by atoms with Crippen LogP contribution in [0.3, 0.4) is 0 Å². The lowest BCUT2D eigenvalue weighted by atomic mass is 10.1. The van der Waals surface area contributed by atoms with Crippen molar-refractivity contribution in [2.75, 3.05) is 7.05 Å². The molecule has 0 radical (unpaired) electrons. The van der Waals surface area contributed by atoms with E-state index in [-0.39, 0.29) is 16.5 Å². The first-order chi connectivity index (χ1) is 8.87. The van der Waals surface area contributed by atoms with Crippen LogP contribution >= 0.6 is 0 Å². The maximum absolute atomic E-state index is 12.5. The number of carboxylic acids is 1. The van der Waals surface area contributed by atoms with Gasteiger partial charge in [-0.2, -0.15) is 4.31 Å². The fourth-order valence-corrected chi connectivity index (χ4v) is 3.74. The summed E-state index contributed by atoms with van der Waals surface area (Å²) in [6, 6.07) is 4.34. The summed E-state index contributed by atoms with van der Waals surface area (Å²) in [5.74, 6) is -1.12. The number of sulfonamides is 1. The second-order valence-electron chi connectivity index (χ2n) is 4.73. The molecule has 1 aromatic carbocycles. The molecular weight excluding hydrogens is 266 g/mol. The van der Waals surface area contributed by atoms with Gasteiger partial charge in [0.1, 0.15) is 0 Å². The normalized spacial score (nSPS) is 15.7. The van der Waals surface area contributed by atoms with Gasteiger partial charge in [0.05, 0.1) is 10.5 Å².